The zero-order valence-corrected chi connectivity index (χ0v) is 14.8. The molecule has 0 bridgehead atoms. The minimum atomic E-state index is -0.483. The van der Waals surface area contributed by atoms with Gasteiger partial charge in [-0.1, -0.05) is 41.7 Å². The SMILES string of the molecule is N#Cc1nc(-c2ccc3ncccc3c2)c(C2C#CC=CC=C2Cl)nc1N. The zero-order chi connectivity index (χ0) is 18.8. The minimum Gasteiger partial charge on any atom is -0.381 e. The molecule has 0 spiro atoms. The normalized spacial score (nSPS) is 15.4. The van der Waals surface area contributed by atoms with Crippen molar-refractivity contribution in [1.29, 1.82) is 5.26 Å². The van der Waals surface area contributed by atoms with Crippen LogP contribution in [0.2, 0.25) is 0 Å². The number of allylic oxidation sites excluding steroid dienone is 4. The molecule has 3 aromatic rings. The molecule has 1 unspecified atom stereocenters. The molecule has 4 rings (SSSR count). The van der Waals surface area contributed by atoms with Gasteiger partial charge in [0, 0.05) is 22.2 Å². The molecule has 27 heavy (non-hydrogen) atoms. The second-order valence-corrected chi connectivity index (χ2v) is 6.28. The van der Waals surface area contributed by atoms with Gasteiger partial charge in [0.25, 0.3) is 0 Å². The third kappa shape index (κ3) is 3.13. The van der Waals surface area contributed by atoms with Gasteiger partial charge in [0.2, 0.25) is 0 Å². The summed E-state index contributed by atoms with van der Waals surface area (Å²) in [5, 5.41) is 10.8. The van der Waals surface area contributed by atoms with Crippen LogP contribution in [-0.2, 0) is 0 Å². The number of anilines is 1. The van der Waals surface area contributed by atoms with E-state index >= 15 is 0 Å². The Labute approximate surface area is 160 Å². The lowest BCUT2D eigenvalue weighted by Gasteiger charge is -2.15. The van der Waals surface area contributed by atoms with Crippen LogP contribution in [0.5, 0.6) is 0 Å². The molecule has 1 aliphatic carbocycles. The number of fused-ring (bicyclic) bond motifs is 1. The molecule has 1 aliphatic rings. The smallest absolute Gasteiger partial charge is 0.183 e. The Morgan fingerprint density at radius 1 is 1.22 bits per heavy atom. The number of aromatic nitrogens is 3. The van der Waals surface area contributed by atoms with Gasteiger partial charge in [0.05, 0.1) is 16.9 Å². The maximum absolute atomic E-state index is 9.34. The van der Waals surface area contributed by atoms with E-state index in [1.165, 1.54) is 0 Å². The van der Waals surface area contributed by atoms with Crippen molar-refractivity contribution in [3.05, 3.63) is 71.2 Å². The third-order valence-electron chi connectivity index (χ3n) is 4.14. The average Bonchev–Trinajstić information content (AvgIpc) is 2.91. The van der Waals surface area contributed by atoms with Gasteiger partial charge in [-0.3, -0.25) is 4.98 Å². The molecular weight excluding hydrogens is 358 g/mol. The van der Waals surface area contributed by atoms with Crippen LogP contribution in [0.3, 0.4) is 0 Å². The van der Waals surface area contributed by atoms with Crippen molar-refractivity contribution in [2.24, 2.45) is 0 Å². The van der Waals surface area contributed by atoms with Crippen molar-refractivity contribution in [3.8, 4) is 29.2 Å². The quantitative estimate of drug-likeness (QED) is 0.691. The molecule has 0 radical (unpaired) electrons. The summed E-state index contributed by atoms with van der Waals surface area (Å²) in [6, 6.07) is 11.6. The number of pyridine rings is 1. The molecule has 0 fully saturated rings. The molecule has 0 aliphatic heterocycles. The molecule has 5 nitrogen and oxygen atoms in total. The van der Waals surface area contributed by atoms with Gasteiger partial charge in [0.1, 0.15) is 12.0 Å². The molecule has 1 aromatic carbocycles. The number of hydrogen-bond donors (Lipinski definition) is 1. The van der Waals surface area contributed by atoms with Crippen molar-refractivity contribution >= 4 is 28.3 Å². The Bertz CT molecular complexity index is 1220. The minimum absolute atomic E-state index is 0.0576. The maximum atomic E-state index is 9.34. The van der Waals surface area contributed by atoms with E-state index in [-0.39, 0.29) is 11.5 Å². The first-order chi connectivity index (χ1) is 13.2. The van der Waals surface area contributed by atoms with E-state index in [2.05, 4.69) is 26.8 Å². The second-order valence-electron chi connectivity index (χ2n) is 5.85. The molecule has 2 heterocycles. The molecule has 128 valence electrons. The predicted molar refractivity (Wildman–Crippen MR) is 105 cm³/mol. The van der Waals surface area contributed by atoms with Gasteiger partial charge in [-0.2, -0.15) is 5.26 Å². The number of nitrogen functional groups attached to an aromatic ring is 1. The van der Waals surface area contributed by atoms with E-state index in [0.29, 0.717) is 16.4 Å². The fourth-order valence-corrected chi connectivity index (χ4v) is 3.10. The number of nitrogens with zero attached hydrogens (tertiary/aromatic N) is 4. The van der Waals surface area contributed by atoms with Gasteiger partial charge < -0.3 is 5.73 Å². The summed E-state index contributed by atoms with van der Waals surface area (Å²) >= 11 is 6.43. The Morgan fingerprint density at radius 3 is 2.96 bits per heavy atom. The van der Waals surface area contributed by atoms with Crippen LogP contribution >= 0.6 is 11.6 Å². The number of hydrogen-bond acceptors (Lipinski definition) is 5. The lowest BCUT2D eigenvalue weighted by atomic mass is 9.97. The van der Waals surface area contributed by atoms with Crippen LogP contribution in [0.4, 0.5) is 5.82 Å². The highest BCUT2D eigenvalue weighted by molar-refractivity contribution is 6.30. The predicted octanol–water partition coefficient (Wildman–Crippen LogP) is 3.93. The highest BCUT2D eigenvalue weighted by Crippen LogP contribution is 2.35. The summed E-state index contributed by atoms with van der Waals surface area (Å²) in [5.41, 5.74) is 8.70. The first-order valence-electron chi connectivity index (χ1n) is 8.13. The van der Waals surface area contributed by atoms with Gasteiger partial charge in [-0.25, -0.2) is 9.97 Å². The molecular formula is C21H12ClN5. The Hall–Kier alpha value is -3.67. The van der Waals surface area contributed by atoms with Crippen LogP contribution < -0.4 is 5.73 Å². The summed E-state index contributed by atoms with van der Waals surface area (Å²) in [6.07, 6.45) is 6.98. The number of benzene rings is 1. The lowest BCUT2D eigenvalue weighted by Crippen LogP contribution is -2.09. The van der Waals surface area contributed by atoms with Crippen molar-refractivity contribution in [1.82, 2.24) is 15.0 Å². The Kier molecular flexibility index (Phi) is 4.30. The molecule has 0 saturated heterocycles. The molecule has 0 amide bonds. The molecule has 1 atom stereocenters. The van der Waals surface area contributed by atoms with Crippen LogP contribution in [-0.4, -0.2) is 15.0 Å². The summed E-state index contributed by atoms with van der Waals surface area (Å²) in [4.78, 5) is 13.2. The first-order valence-corrected chi connectivity index (χ1v) is 8.51. The molecule has 0 saturated carbocycles. The third-order valence-corrected chi connectivity index (χ3v) is 4.49. The van der Waals surface area contributed by atoms with Crippen LogP contribution in [0.1, 0.15) is 17.3 Å². The fraction of sp³-hybridized carbons (Fsp3) is 0.0476. The average molecular weight is 370 g/mol. The van der Waals surface area contributed by atoms with E-state index in [9.17, 15) is 5.26 Å². The topological polar surface area (TPSA) is 88.5 Å². The number of nitriles is 1. The number of rotatable bonds is 2. The van der Waals surface area contributed by atoms with Gasteiger partial charge >= 0.3 is 0 Å². The standard InChI is InChI=1S/C21H12ClN5/c22-16-7-3-1-2-6-15(16)20-19(26-18(12-23)21(24)27-20)14-8-9-17-13(11-14)5-4-10-25-17/h1,3-5,7-11,15H,(H2,24,27). The molecule has 2 N–H and O–H groups in total. The lowest BCUT2D eigenvalue weighted by molar-refractivity contribution is 0.981. The number of halogens is 1. The first kappa shape index (κ1) is 16.8. The summed E-state index contributed by atoms with van der Waals surface area (Å²) in [7, 11) is 0. The van der Waals surface area contributed by atoms with Crippen molar-refractivity contribution in [2.45, 2.75) is 5.92 Å². The van der Waals surface area contributed by atoms with E-state index < -0.39 is 5.92 Å². The summed E-state index contributed by atoms with van der Waals surface area (Å²) in [5.74, 6) is 5.58. The molecule has 6 heteroatoms. The largest absolute Gasteiger partial charge is 0.381 e. The van der Waals surface area contributed by atoms with Gasteiger partial charge in [-0.05, 0) is 30.4 Å². The van der Waals surface area contributed by atoms with Crippen molar-refractivity contribution in [3.63, 3.8) is 0 Å². The van der Waals surface area contributed by atoms with Crippen LogP contribution in [0, 0.1) is 23.2 Å². The molecule has 2 aromatic heterocycles. The fourth-order valence-electron chi connectivity index (χ4n) is 2.86. The summed E-state index contributed by atoms with van der Waals surface area (Å²) in [6.45, 7) is 0. The van der Waals surface area contributed by atoms with Crippen molar-refractivity contribution in [2.75, 3.05) is 5.73 Å². The van der Waals surface area contributed by atoms with Crippen LogP contribution in [0.15, 0.2) is 59.8 Å². The highest BCUT2D eigenvalue weighted by atomic mass is 35.5. The van der Waals surface area contributed by atoms with Gasteiger partial charge in [0.15, 0.2) is 11.5 Å². The monoisotopic (exact) mass is 369 g/mol. The van der Waals surface area contributed by atoms with Crippen molar-refractivity contribution < 1.29 is 0 Å². The van der Waals surface area contributed by atoms with E-state index in [1.807, 2.05) is 36.4 Å². The number of nitrogens with two attached hydrogens (primary N) is 1. The van der Waals surface area contributed by atoms with Crippen LogP contribution in [0.25, 0.3) is 22.2 Å². The highest BCUT2D eigenvalue weighted by Gasteiger charge is 2.23. The van der Waals surface area contributed by atoms with E-state index in [1.54, 1.807) is 24.4 Å². The second kappa shape index (κ2) is 6.92. The maximum Gasteiger partial charge on any atom is 0.183 e. The van der Waals surface area contributed by atoms with E-state index in [4.69, 9.17) is 17.3 Å². The van der Waals surface area contributed by atoms with Gasteiger partial charge in [-0.15, -0.1) is 0 Å². The zero-order valence-electron chi connectivity index (χ0n) is 14.0. The Morgan fingerprint density at radius 2 is 2.11 bits per heavy atom. The van der Waals surface area contributed by atoms with E-state index in [0.717, 1.165) is 16.5 Å². The summed E-state index contributed by atoms with van der Waals surface area (Å²) < 4.78 is 0. The Balaban J connectivity index is 1.97.